The van der Waals surface area contributed by atoms with Crippen LogP contribution in [0.3, 0.4) is 0 Å². The second-order valence-corrected chi connectivity index (χ2v) is 7.42. The Kier molecular flexibility index (Phi) is 4.84. The first kappa shape index (κ1) is 15.8. The van der Waals surface area contributed by atoms with E-state index in [2.05, 4.69) is 5.32 Å². The van der Waals surface area contributed by atoms with Gasteiger partial charge in [0.1, 0.15) is 0 Å². The molecule has 0 aliphatic carbocycles. The van der Waals surface area contributed by atoms with Crippen LogP contribution in [0.25, 0.3) is 0 Å². The number of nitrogens with one attached hydrogen (secondary N) is 1. The fourth-order valence-electron chi connectivity index (χ4n) is 2.01. The van der Waals surface area contributed by atoms with Crippen molar-refractivity contribution in [1.82, 2.24) is 5.32 Å². The number of carbonyl (C=O) groups is 2. The van der Waals surface area contributed by atoms with E-state index in [1.165, 1.54) is 12.1 Å². The van der Waals surface area contributed by atoms with Crippen LogP contribution < -0.4 is 5.32 Å². The molecule has 0 radical (unpaired) electrons. The van der Waals surface area contributed by atoms with E-state index < -0.39 is 34.4 Å². The highest BCUT2D eigenvalue weighted by Gasteiger charge is 2.29. The minimum atomic E-state index is -3.06. The van der Waals surface area contributed by atoms with Crippen molar-refractivity contribution in [2.45, 2.75) is 12.5 Å². The molecule has 0 unspecified atom stereocenters. The number of amides is 1. The third kappa shape index (κ3) is 4.71. The zero-order chi connectivity index (χ0) is 15.5. The second-order valence-electron chi connectivity index (χ2n) is 4.75. The Morgan fingerprint density at radius 3 is 2.76 bits per heavy atom. The van der Waals surface area contributed by atoms with Crippen LogP contribution in [0.4, 0.5) is 0 Å². The number of esters is 1. The Morgan fingerprint density at radius 2 is 2.14 bits per heavy atom. The third-order valence-electron chi connectivity index (χ3n) is 2.99. The summed E-state index contributed by atoms with van der Waals surface area (Å²) in [5, 5.41) is 2.92. The van der Waals surface area contributed by atoms with Crippen LogP contribution in [0.15, 0.2) is 24.3 Å². The minimum Gasteiger partial charge on any atom is -0.452 e. The van der Waals surface area contributed by atoms with Gasteiger partial charge in [-0.05, 0) is 24.6 Å². The molecule has 1 aliphatic rings. The van der Waals surface area contributed by atoms with Crippen molar-refractivity contribution >= 4 is 33.3 Å². The van der Waals surface area contributed by atoms with Crippen LogP contribution in [0.2, 0.25) is 5.02 Å². The molecule has 1 N–H and O–H groups in total. The zero-order valence-corrected chi connectivity index (χ0v) is 12.6. The highest BCUT2D eigenvalue weighted by molar-refractivity contribution is 7.91. The maximum Gasteiger partial charge on any atom is 0.338 e. The van der Waals surface area contributed by atoms with Crippen molar-refractivity contribution in [2.75, 3.05) is 18.1 Å². The van der Waals surface area contributed by atoms with Gasteiger partial charge < -0.3 is 10.1 Å². The molecule has 1 saturated heterocycles. The highest BCUT2D eigenvalue weighted by Crippen LogP contribution is 2.12. The Bertz CT molecular complexity index is 658. The maximum absolute atomic E-state index is 11.7. The molecule has 6 nitrogen and oxygen atoms in total. The molecular formula is C13H14ClNO5S. The van der Waals surface area contributed by atoms with Crippen LogP contribution in [0.5, 0.6) is 0 Å². The highest BCUT2D eigenvalue weighted by atomic mass is 35.5. The van der Waals surface area contributed by atoms with Gasteiger partial charge >= 0.3 is 5.97 Å². The SMILES string of the molecule is O=C(COC(=O)c1cccc(Cl)c1)N[C@H]1CCS(=O)(=O)C1. The average molecular weight is 332 g/mol. The van der Waals surface area contributed by atoms with Gasteiger partial charge in [0.2, 0.25) is 0 Å². The molecule has 1 heterocycles. The number of benzene rings is 1. The summed E-state index contributed by atoms with van der Waals surface area (Å²) in [6, 6.07) is 5.77. The monoisotopic (exact) mass is 331 g/mol. The lowest BCUT2D eigenvalue weighted by atomic mass is 10.2. The third-order valence-corrected chi connectivity index (χ3v) is 5.00. The molecule has 1 fully saturated rings. The number of sulfone groups is 1. The summed E-state index contributed by atoms with van der Waals surface area (Å²) in [6.45, 7) is -0.456. The van der Waals surface area contributed by atoms with Crippen molar-refractivity contribution in [3.63, 3.8) is 0 Å². The standard InChI is InChI=1S/C13H14ClNO5S/c14-10-3-1-2-9(6-10)13(17)20-7-12(16)15-11-4-5-21(18,19)8-11/h1-3,6,11H,4-5,7-8H2,(H,15,16)/t11-/m0/s1. The topological polar surface area (TPSA) is 89.5 Å². The van der Waals surface area contributed by atoms with Crippen LogP contribution in [-0.4, -0.2) is 44.4 Å². The van der Waals surface area contributed by atoms with E-state index in [0.29, 0.717) is 11.4 Å². The van der Waals surface area contributed by atoms with Crippen molar-refractivity contribution in [1.29, 1.82) is 0 Å². The van der Waals surface area contributed by atoms with Crippen LogP contribution in [-0.2, 0) is 19.4 Å². The molecule has 21 heavy (non-hydrogen) atoms. The fraction of sp³-hybridized carbons (Fsp3) is 0.385. The molecule has 1 aromatic rings. The van der Waals surface area contributed by atoms with Gasteiger partial charge in [0.15, 0.2) is 16.4 Å². The van der Waals surface area contributed by atoms with Gasteiger partial charge in [-0.2, -0.15) is 0 Å². The van der Waals surface area contributed by atoms with Crippen molar-refractivity contribution in [2.24, 2.45) is 0 Å². The van der Waals surface area contributed by atoms with E-state index in [-0.39, 0.29) is 17.1 Å². The van der Waals surface area contributed by atoms with E-state index in [1.807, 2.05) is 0 Å². The summed E-state index contributed by atoms with van der Waals surface area (Å²) in [7, 11) is -3.06. The summed E-state index contributed by atoms with van der Waals surface area (Å²) in [5.74, 6) is -1.18. The fourth-order valence-corrected chi connectivity index (χ4v) is 3.87. The van der Waals surface area contributed by atoms with E-state index in [0.717, 1.165) is 0 Å². The minimum absolute atomic E-state index is 0.0685. The summed E-state index contributed by atoms with van der Waals surface area (Å²) >= 11 is 5.75. The first-order chi connectivity index (χ1) is 9.85. The molecule has 1 aromatic carbocycles. The van der Waals surface area contributed by atoms with Crippen LogP contribution in [0.1, 0.15) is 16.8 Å². The maximum atomic E-state index is 11.7. The van der Waals surface area contributed by atoms with Gasteiger partial charge in [-0.15, -0.1) is 0 Å². The van der Waals surface area contributed by atoms with Crippen molar-refractivity contribution < 1.29 is 22.7 Å². The van der Waals surface area contributed by atoms with Gasteiger partial charge in [0, 0.05) is 11.1 Å². The molecule has 0 bridgehead atoms. The molecule has 1 amide bonds. The quantitative estimate of drug-likeness (QED) is 0.824. The molecule has 1 atom stereocenters. The van der Waals surface area contributed by atoms with Crippen LogP contribution in [0, 0.1) is 0 Å². The Labute approximate surface area is 127 Å². The molecule has 0 saturated carbocycles. The first-order valence-corrected chi connectivity index (χ1v) is 8.48. The Morgan fingerprint density at radius 1 is 1.38 bits per heavy atom. The number of carbonyl (C=O) groups excluding carboxylic acids is 2. The van der Waals surface area contributed by atoms with Gasteiger partial charge in [0.05, 0.1) is 17.1 Å². The predicted molar refractivity (Wildman–Crippen MR) is 76.9 cm³/mol. The lowest BCUT2D eigenvalue weighted by Gasteiger charge is -2.11. The lowest BCUT2D eigenvalue weighted by molar-refractivity contribution is -0.124. The first-order valence-electron chi connectivity index (χ1n) is 6.28. The van der Waals surface area contributed by atoms with Gasteiger partial charge in [-0.25, -0.2) is 13.2 Å². The Hall–Kier alpha value is -1.60. The smallest absolute Gasteiger partial charge is 0.338 e. The molecular weight excluding hydrogens is 318 g/mol. The van der Waals surface area contributed by atoms with E-state index in [9.17, 15) is 18.0 Å². The normalized spacial score (nSPS) is 20.0. The molecule has 0 aromatic heterocycles. The second kappa shape index (κ2) is 6.44. The van der Waals surface area contributed by atoms with E-state index in [1.54, 1.807) is 12.1 Å². The predicted octanol–water partition coefficient (Wildman–Crippen LogP) is 0.800. The van der Waals surface area contributed by atoms with Gasteiger partial charge in [0.25, 0.3) is 5.91 Å². The number of rotatable bonds is 4. The van der Waals surface area contributed by atoms with Gasteiger partial charge in [-0.1, -0.05) is 17.7 Å². The van der Waals surface area contributed by atoms with Gasteiger partial charge in [-0.3, -0.25) is 4.79 Å². The molecule has 0 spiro atoms. The number of hydrogen-bond acceptors (Lipinski definition) is 5. The Balaban J connectivity index is 1.80. The van der Waals surface area contributed by atoms with Crippen LogP contribution >= 0.6 is 11.6 Å². The largest absolute Gasteiger partial charge is 0.452 e. The molecule has 8 heteroatoms. The molecule has 114 valence electrons. The molecule has 2 rings (SSSR count). The summed E-state index contributed by atoms with van der Waals surface area (Å²) < 4.78 is 27.4. The summed E-state index contributed by atoms with van der Waals surface area (Å²) in [5.41, 5.74) is 0.249. The molecule has 1 aliphatic heterocycles. The summed E-state index contributed by atoms with van der Waals surface area (Å²) in [4.78, 5) is 23.3. The van der Waals surface area contributed by atoms with E-state index in [4.69, 9.17) is 16.3 Å². The summed E-state index contributed by atoms with van der Waals surface area (Å²) in [6.07, 6.45) is 0.385. The lowest BCUT2D eigenvalue weighted by Crippen LogP contribution is -2.38. The van der Waals surface area contributed by atoms with Crippen molar-refractivity contribution in [3.05, 3.63) is 34.9 Å². The van der Waals surface area contributed by atoms with Crippen molar-refractivity contribution in [3.8, 4) is 0 Å². The number of ether oxygens (including phenoxy) is 1. The average Bonchev–Trinajstić information content (AvgIpc) is 2.75. The zero-order valence-electron chi connectivity index (χ0n) is 11.0. The number of halogens is 1. The van der Waals surface area contributed by atoms with E-state index >= 15 is 0 Å². The number of hydrogen-bond donors (Lipinski definition) is 1.